The van der Waals surface area contributed by atoms with Crippen LogP contribution in [0.4, 0.5) is 16.2 Å². The third-order valence-corrected chi connectivity index (χ3v) is 7.15. The minimum absolute atomic E-state index is 0.153. The molecule has 7 nitrogen and oxygen atoms in total. The number of nitrogen functional groups attached to an aromatic ring is 1. The van der Waals surface area contributed by atoms with Gasteiger partial charge in [0, 0.05) is 12.1 Å². The Labute approximate surface area is 253 Å². The summed E-state index contributed by atoms with van der Waals surface area (Å²) in [5, 5.41) is 1.96. The molecule has 0 fully saturated rings. The van der Waals surface area contributed by atoms with E-state index in [2.05, 4.69) is 13.8 Å². The molecule has 2 N–H and O–H groups in total. The predicted molar refractivity (Wildman–Crippen MR) is 171 cm³/mol. The molecule has 4 aromatic rings. The summed E-state index contributed by atoms with van der Waals surface area (Å²) in [6.45, 7) is 9.39. The van der Waals surface area contributed by atoms with E-state index in [9.17, 15) is 14.4 Å². The minimum atomic E-state index is -0.861. The Kier molecular flexibility index (Phi) is 9.54. The number of esters is 1. The number of nitrogens with two attached hydrogens (primary N) is 1. The van der Waals surface area contributed by atoms with Crippen LogP contribution in [0.5, 0.6) is 0 Å². The number of amides is 2. The average molecular weight is 581 g/mol. The van der Waals surface area contributed by atoms with Gasteiger partial charge in [-0.2, -0.15) is 0 Å². The molecule has 1 unspecified atom stereocenters. The number of benzene rings is 4. The molecule has 43 heavy (non-hydrogen) atoms. The first kappa shape index (κ1) is 31.3. The first-order chi connectivity index (χ1) is 20.4. The first-order valence-corrected chi connectivity index (χ1v) is 14.5. The molecule has 4 aromatic carbocycles. The van der Waals surface area contributed by atoms with Crippen LogP contribution in [0.1, 0.15) is 74.0 Å². The van der Waals surface area contributed by atoms with E-state index in [4.69, 9.17) is 15.2 Å². The van der Waals surface area contributed by atoms with Gasteiger partial charge in [-0.3, -0.25) is 4.79 Å². The standard InChI is InChI=1S/C36H40N2O5/c1-23(2)20-31(30-17-11-14-24-12-7-9-15-28(24)30)33(39)38(35(41)43-36(3,4)5)32-22-27(37)19-18-26(32)21-25-13-8-10-16-29(25)34(40)42-6/h7-19,22-23,31H,20-21,37H2,1-6H3. The van der Waals surface area contributed by atoms with Gasteiger partial charge in [-0.1, -0.05) is 80.6 Å². The summed E-state index contributed by atoms with van der Waals surface area (Å²) in [6, 6.07) is 26.0. The minimum Gasteiger partial charge on any atom is -0.465 e. The summed E-state index contributed by atoms with van der Waals surface area (Å²) in [4.78, 5) is 42.5. The number of anilines is 2. The number of hydrogen-bond acceptors (Lipinski definition) is 6. The van der Waals surface area contributed by atoms with Crippen molar-refractivity contribution in [1.82, 2.24) is 0 Å². The summed E-state index contributed by atoms with van der Waals surface area (Å²) in [6.07, 6.45) is -0.0365. The lowest BCUT2D eigenvalue weighted by atomic mass is 9.86. The smallest absolute Gasteiger partial charge is 0.421 e. The van der Waals surface area contributed by atoms with Gasteiger partial charge in [0.05, 0.1) is 24.3 Å². The van der Waals surface area contributed by atoms with Crippen LogP contribution in [0.25, 0.3) is 10.8 Å². The fraction of sp³-hybridized carbons (Fsp3) is 0.306. The Morgan fingerprint density at radius 2 is 1.53 bits per heavy atom. The van der Waals surface area contributed by atoms with Crippen molar-refractivity contribution in [3.8, 4) is 0 Å². The molecular formula is C36H40N2O5. The average Bonchev–Trinajstić information content (AvgIpc) is 2.96. The van der Waals surface area contributed by atoms with Crippen molar-refractivity contribution in [2.75, 3.05) is 17.7 Å². The van der Waals surface area contributed by atoms with Crippen molar-refractivity contribution >= 4 is 40.1 Å². The van der Waals surface area contributed by atoms with Crippen molar-refractivity contribution in [3.05, 3.63) is 107 Å². The number of nitrogens with zero attached hydrogens (tertiary/aromatic N) is 1. The van der Waals surface area contributed by atoms with Gasteiger partial charge in [0.2, 0.25) is 5.91 Å². The van der Waals surface area contributed by atoms with Gasteiger partial charge in [-0.15, -0.1) is 0 Å². The van der Waals surface area contributed by atoms with Crippen LogP contribution in [-0.2, 0) is 20.7 Å². The lowest BCUT2D eigenvalue weighted by molar-refractivity contribution is -0.120. The summed E-state index contributed by atoms with van der Waals surface area (Å²) < 4.78 is 10.8. The van der Waals surface area contributed by atoms with E-state index < -0.39 is 29.5 Å². The normalized spacial score (nSPS) is 12.2. The molecular weight excluding hydrogens is 540 g/mol. The molecule has 0 bridgehead atoms. The van der Waals surface area contributed by atoms with Gasteiger partial charge in [0.1, 0.15) is 5.60 Å². The van der Waals surface area contributed by atoms with Gasteiger partial charge >= 0.3 is 12.1 Å². The molecule has 0 radical (unpaired) electrons. The zero-order valence-electron chi connectivity index (χ0n) is 25.7. The highest BCUT2D eigenvalue weighted by atomic mass is 16.6. The van der Waals surface area contributed by atoms with Gasteiger partial charge in [-0.05, 0) is 78.8 Å². The van der Waals surface area contributed by atoms with Crippen LogP contribution in [0.15, 0.2) is 84.9 Å². The van der Waals surface area contributed by atoms with Crippen LogP contribution >= 0.6 is 0 Å². The third kappa shape index (κ3) is 7.41. The van der Waals surface area contributed by atoms with Gasteiger partial charge < -0.3 is 15.2 Å². The molecule has 1 atom stereocenters. The van der Waals surface area contributed by atoms with E-state index in [0.717, 1.165) is 21.2 Å². The van der Waals surface area contributed by atoms with Gasteiger partial charge in [0.15, 0.2) is 0 Å². The maximum Gasteiger partial charge on any atom is 0.421 e. The van der Waals surface area contributed by atoms with Crippen LogP contribution in [0.3, 0.4) is 0 Å². The number of carbonyl (C=O) groups excluding carboxylic acids is 3. The molecule has 7 heteroatoms. The van der Waals surface area contributed by atoms with E-state index in [1.54, 1.807) is 51.1 Å². The zero-order chi connectivity index (χ0) is 31.3. The number of imide groups is 1. The van der Waals surface area contributed by atoms with E-state index in [1.807, 2.05) is 54.6 Å². The van der Waals surface area contributed by atoms with Crippen molar-refractivity contribution in [3.63, 3.8) is 0 Å². The molecule has 0 aliphatic rings. The summed E-state index contributed by atoms with van der Waals surface area (Å²) >= 11 is 0. The van der Waals surface area contributed by atoms with Crippen LogP contribution in [0, 0.1) is 5.92 Å². The maximum absolute atomic E-state index is 14.8. The summed E-state index contributed by atoms with van der Waals surface area (Å²) in [5.41, 5.74) is 8.65. The highest BCUT2D eigenvalue weighted by Crippen LogP contribution is 2.36. The molecule has 2 amide bonds. The van der Waals surface area contributed by atoms with E-state index in [-0.39, 0.29) is 12.3 Å². The lowest BCUT2D eigenvalue weighted by Crippen LogP contribution is -2.44. The summed E-state index contributed by atoms with van der Waals surface area (Å²) in [7, 11) is 1.33. The Bertz CT molecular complexity index is 1630. The number of methoxy groups -OCH3 is 1. The topological polar surface area (TPSA) is 98.9 Å². The number of ether oxygens (including phenoxy) is 2. The Morgan fingerprint density at radius 3 is 2.23 bits per heavy atom. The summed E-state index contributed by atoms with van der Waals surface area (Å²) in [5.74, 6) is -1.37. The lowest BCUT2D eigenvalue weighted by Gasteiger charge is -2.31. The number of rotatable bonds is 8. The number of fused-ring (bicyclic) bond motifs is 1. The van der Waals surface area contributed by atoms with Crippen molar-refractivity contribution in [2.45, 2.75) is 59.0 Å². The SMILES string of the molecule is COC(=O)c1ccccc1Cc1ccc(N)cc1N(C(=O)OC(C)(C)C)C(=O)C(CC(C)C)c1cccc2ccccc12. The van der Waals surface area contributed by atoms with Crippen molar-refractivity contribution in [2.24, 2.45) is 5.92 Å². The highest BCUT2D eigenvalue weighted by molar-refractivity contribution is 6.16. The second-order valence-corrected chi connectivity index (χ2v) is 12.1. The molecule has 224 valence electrons. The van der Waals surface area contributed by atoms with Gasteiger partial charge in [-0.25, -0.2) is 14.5 Å². The van der Waals surface area contributed by atoms with Crippen LogP contribution in [0.2, 0.25) is 0 Å². The molecule has 0 saturated carbocycles. The maximum atomic E-state index is 14.8. The molecule has 0 aliphatic heterocycles. The van der Waals surface area contributed by atoms with Crippen molar-refractivity contribution in [1.29, 1.82) is 0 Å². The van der Waals surface area contributed by atoms with E-state index >= 15 is 0 Å². The molecule has 4 rings (SSSR count). The molecule has 0 aromatic heterocycles. The Balaban J connectivity index is 1.91. The fourth-order valence-corrected chi connectivity index (χ4v) is 5.28. The molecule has 0 heterocycles. The molecule has 0 saturated heterocycles. The zero-order valence-corrected chi connectivity index (χ0v) is 25.7. The Morgan fingerprint density at radius 1 is 0.860 bits per heavy atom. The predicted octanol–water partition coefficient (Wildman–Crippen LogP) is 7.90. The van der Waals surface area contributed by atoms with Crippen molar-refractivity contribution < 1.29 is 23.9 Å². The van der Waals surface area contributed by atoms with Crippen LogP contribution in [-0.4, -0.2) is 30.7 Å². The largest absolute Gasteiger partial charge is 0.465 e. The fourth-order valence-electron chi connectivity index (χ4n) is 5.28. The number of carbonyl (C=O) groups is 3. The monoisotopic (exact) mass is 580 g/mol. The molecule has 0 spiro atoms. The second kappa shape index (κ2) is 13.1. The quantitative estimate of drug-likeness (QED) is 0.168. The Hall–Kier alpha value is -4.65. The molecule has 0 aliphatic carbocycles. The third-order valence-electron chi connectivity index (χ3n) is 7.15. The second-order valence-electron chi connectivity index (χ2n) is 12.1. The highest BCUT2D eigenvalue weighted by Gasteiger charge is 2.36. The van der Waals surface area contributed by atoms with Gasteiger partial charge in [0.25, 0.3) is 0 Å². The van der Waals surface area contributed by atoms with E-state index in [0.29, 0.717) is 34.5 Å². The van der Waals surface area contributed by atoms with E-state index in [1.165, 1.54) is 7.11 Å². The number of hydrogen-bond donors (Lipinski definition) is 1. The van der Waals surface area contributed by atoms with Crippen LogP contribution < -0.4 is 10.6 Å². The first-order valence-electron chi connectivity index (χ1n) is 14.5.